The third kappa shape index (κ3) is 2.07. The lowest BCUT2D eigenvalue weighted by atomic mass is 9.83. The molecule has 0 aromatic heterocycles. The Hall–Kier alpha value is -0.0800. The van der Waals surface area contributed by atoms with E-state index >= 15 is 0 Å². The Bertz CT molecular complexity index is 213. The van der Waals surface area contributed by atoms with Gasteiger partial charge in [-0.05, 0) is 44.7 Å². The molecule has 2 saturated heterocycles. The molecule has 3 aliphatic rings. The minimum Gasteiger partial charge on any atom is -0.312 e. The van der Waals surface area contributed by atoms with E-state index in [9.17, 15) is 0 Å². The van der Waals surface area contributed by atoms with Crippen LogP contribution in [0.4, 0.5) is 0 Å². The molecule has 0 radical (unpaired) electrons. The molecule has 0 spiro atoms. The van der Waals surface area contributed by atoms with E-state index in [0.717, 1.165) is 18.0 Å². The Kier molecular flexibility index (Phi) is 2.98. The van der Waals surface area contributed by atoms with Gasteiger partial charge in [0.2, 0.25) is 0 Å². The SMILES string of the molecule is C1CC(CCNC2CCN3CCCC23)C1. The smallest absolute Gasteiger partial charge is 0.0250 e. The van der Waals surface area contributed by atoms with Crippen LogP contribution in [0.3, 0.4) is 0 Å². The van der Waals surface area contributed by atoms with Crippen molar-refractivity contribution in [2.24, 2.45) is 5.92 Å². The largest absolute Gasteiger partial charge is 0.312 e. The van der Waals surface area contributed by atoms with Crippen LogP contribution < -0.4 is 5.32 Å². The summed E-state index contributed by atoms with van der Waals surface area (Å²) in [6.07, 6.45) is 10.2. The number of rotatable bonds is 4. The minimum atomic E-state index is 0.826. The molecule has 2 heteroatoms. The average molecular weight is 208 g/mol. The summed E-state index contributed by atoms with van der Waals surface area (Å²) in [6.45, 7) is 4.00. The van der Waals surface area contributed by atoms with Gasteiger partial charge in [0.1, 0.15) is 0 Å². The first-order chi connectivity index (χ1) is 7.43. The van der Waals surface area contributed by atoms with Crippen molar-refractivity contribution >= 4 is 0 Å². The summed E-state index contributed by atoms with van der Waals surface area (Å²) in [4.78, 5) is 2.70. The summed E-state index contributed by atoms with van der Waals surface area (Å²) < 4.78 is 0. The fourth-order valence-corrected chi connectivity index (χ4v) is 3.57. The average Bonchev–Trinajstić information content (AvgIpc) is 2.72. The maximum atomic E-state index is 3.81. The molecule has 1 N–H and O–H groups in total. The highest BCUT2D eigenvalue weighted by atomic mass is 15.2. The number of hydrogen-bond acceptors (Lipinski definition) is 2. The normalized spacial score (nSPS) is 36.8. The molecule has 1 aliphatic carbocycles. The molecule has 2 aliphatic heterocycles. The van der Waals surface area contributed by atoms with E-state index in [1.807, 2.05) is 0 Å². The summed E-state index contributed by atoms with van der Waals surface area (Å²) in [5.41, 5.74) is 0. The van der Waals surface area contributed by atoms with Gasteiger partial charge in [0.15, 0.2) is 0 Å². The van der Waals surface area contributed by atoms with E-state index in [-0.39, 0.29) is 0 Å². The molecule has 3 rings (SSSR count). The fraction of sp³-hybridized carbons (Fsp3) is 1.00. The van der Waals surface area contributed by atoms with Crippen molar-refractivity contribution in [2.75, 3.05) is 19.6 Å². The number of hydrogen-bond donors (Lipinski definition) is 1. The predicted octanol–water partition coefficient (Wildman–Crippen LogP) is 2.00. The van der Waals surface area contributed by atoms with Gasteiger partial charge in [0.05, 0.1) is 0 Å². The van der Waals surface area contributed by atoms with Crippen molar-refractivity contribution in [3.8, 4) is 0 Å². The number of nitrogens with one attached hydrogen (secondary N) is 1. The van der Waals surface area contributed by atoms with Gasteiger partial charge in [-0.15, -0.1) is 0 Å². The lowest BCUT2D eigenvalue weighted by Gasteiger charge is -2.27. The third-order valence-corrected chi connectivity index (χ3v) is 4.79. The molecule has 1 saturated carbocycles. The molecule has 2 unspecified atom stereocenters. The number of fused-ring (bicyclic) bond motifs is 1. The molecular formula is C13H24N2. The van der Waals surface area contributed by atoms with Gasteiger partial charge in [0.25, 0.3) is 0 Å². The second-order valence-electron chi connectivity index (χ2n) is 5.68. The second kappa shape index (κ2) is 4.42. The molecule has 0 amide bonds. The van der Waals surface area contributed by atoms with Crippen molar-refractivity contribution in [2.45, 2.75) is 57.0 Å². The van der Waals surface area contributed by atoms with Gasteiger partial charge in [-0.3, -0.25) is 4.90 Å². The van der Waals surface area contributed by atoms with Crippen LogP contribution in [-0.2, 0) is 0 Å². The van der Waals surface area contributed by atoms with Crippen molar-refractivity contribution in [3.05, 3.63) is 0 Å². The quantitative estimate of drug-likeness (QED) is 0.760. The van der Waals surface area contributed by atoms with Gasteiger partial charge in [-0.25, -0.2) is 0 Å². The first kappa shape index (κ1) is 10.1. The van der Waals surface area contributed by atoms with Crippen LogP contribution in [0, 0.1) is 5.92 Å². The van der Waals surface area contributed by atoms with Crippen LogP contribution in [0.15, 0.2) is 0 Å². The van der Waals surface area contributed by atoms with E-state index in [4.69, 9.17) is 0 Å². The van der Waals surface area contributed by atoms with Crippen molar-refractivity contribution in [3.63, 3.8) is 0 Å². The maximum Gasteiger partial charge on any atom is 0.0250 e. The van der Waals surface area contributed by atoms with Crippen molar-refractivity contribution in [1.29, 1.82) is 0 Å². The van der Waals surface area contributed by atoms with Crippen LogP contribution in [0.1, 0.15) is 44.9 Å². The summed E-state index contributed by atoms with van der Waals surface area (Å²) in [7, 11) is 0. The second-order valence-corrected chi connectivity index (χ2v) is 5.68. The van der Waals surface area contributed by atoms with E-state index in [1.54, 1.807) is 0 Å². The Morgan fingerprint density at radius 1 is 1.00 bits per heavy atom. The standard InChI is InChI=1S/C13H24N2/c1-3-11(4-1)6-8-14-12-7-10-15-9-2-5-13(12)15/h11-14H,1-10H2. The Balaban J connectivity index is 1.39. The summed E-state index contributed by atoms with van der Waals surface area (Å²) in [5.74, 6) is 1.07. The van der Waals surface area contributed by atoms with Crippen LogP contribution in [0.25, 0.3) is 0 Å². The highest BCUT2D eigenvalue weighted by Gasteiger charge is 2.36. The minimum absolute atomic E-state index is 0.826. The maximum absolute atomic E-state index is 3.81. The molecule has 0 bridgehead atoms. The molecule has 0 aromatic rings. The summed E-state index contributed by atoms with van der Waals surface area (Å²) in [6, 6.07) is 1.72. The molecule has 15 heavy (non-hydrogen) atoms. The fourth-order valence-electron chi connectivity index (χ4n) is 3.57. The molecule has 0 aromatic carbocycles. The zero-order valence-corrected chi connectivity index (χ0v) is 9.75. The molecule has 2 heterocycles. The highest BCUT2D eigenvalue weighted by molar-refractivity contribution is 4.95. The number of nitrogens with zero attached hydrogens (tertiary/aromatic N) is 1. The first-order valence-corrected chi connectivity index (χ1v) is 6.91. The van der Waals surface area contributed by atoms with Gasteiger partial charge in [-0.2, -0.15) is 0 Å². The Morgan fingerprint density at radius 2 is 1.93 bits per heavy atom. The Morgan fingerprint density at radius 3 is 2.73 bits per heavy atom. The molecule has 2 nitrogen and oxygen atoms in total. The molecule has 3 fully saturated rings. The zero-order chi connectivity index (χ0) is 10.1. The van der Waals surface area contributed by atoms with Crippen LogP contribution >= 0.6 is 0 Å². The van der Waals surface area contributed by atoms with Crippen LogP contribution in [-0.4, -0.2) is 36.6 Å². The first-order valence-electron chi connectivity index (χ1n) is 6.91. The van der Waals surface area contributed by atoms with E-state index in [0.29, 0.717) is 0 Å². The molecule has 2 atom stereocenters. The van der Waals surface area contributed by atoms with Crippen molar-refractivity contribution in [1.82, 2.24) is 10.2 Å². The van der Waals surface area contributed by atoms with Gasteiger partial charge in [0, 0.05) is 18.6 Å². The van der Waals surface area contributed by atoms with E-state index in [1.165, 1.54) is 64.6 Å². The van der Waals surface area contributed by atoms with Gasteiger partial charge in [-0.1, -0.05) is 19.3 Å². The lowest BCUT2D eigenvalue weighted by molar-refractivity contribution is 0.271. The predicted molar refractivity (Wildman–Crippen MR) is 63.0 cm³/mol. The van der Waals surface area contributed by atoms with E-state index in [2.05, 4.69) is 10.2 Å². The van der Waals surface area contributed by atoms with E-state index < -0.39 is 0 Å². The van der Waals surface area contributed by atoms with Gasteiger partial charge >= 0.3 is 0 Å². The van der Waals surface area contributed by atoms with Crippen LogP contribution in [0.2, 0.25) is 0 Å². The lowest BCUT2D eigenvalue weighted by Crippen LogP contribution is -2.40. The highest BCUT2D eigenvalue weighted by Crippen LogP contribution is 2.30. The zero-order valence-electron chi connectivity index (χ0n) is 9.75. The van der Waals surface area contributed by atoms with Crippen LogP contribution in [0.5, 0.6) is 0 Å². The third-order valence-electron chi connectivity index (χ3n) is 4.79. The summed E-state index contributed by atoms with van der Waals surface area (Å²) >= 11 is 0. The topological polar surface area (TPSA) is 15.3 Å². The monoisotopic (exact) mass is 208 g/mol. The molecule has 86 valence electrons. The molecular weight excluding hydrogens is 184 g/mol. The Labute approximate surface area is 93.4 Å². The van der Waals surface area contributed by atoms with Crippen molar-refractivity contribution < 1.29 is 0 Å². The summed E-state index contributed by atoms with van der Waals surface area (Å²) in [5, 5.41) is 3.81. The van der Waals surface area contributed by atoms with Gasteiger partial charge < -0.3 is 5.32 Å².